The van der Waals surface area contributed by atoms with Crippen LogP contribution in [0.4, 0.5) is 0 Å². The third-order valence-corrected chi connectivity index (χ3v) is 4.77. The second-order valence-electron chi connectivity index (χ2n) is 6.23. The van der Waals surface area contributed by atoms with Crippen molar-refractivity contribution < 1.29 is 4.74 Å². The Bertz CT molecular complexity index is 1160. The standard InChI is InChI=1S/C23H16BrN3O/c24-19-10-11-22(28-15-16-6-2-1-3-7-16)17(13-19)12-18(14-25)23-26-20-8-4-5-9-21(20)27-23/h1-13H,15H2,(H,26,27)/b18-12+. The SMILES string of the molecule is N#C/C(=C\c1cc(Br)ccc1OCc1ccccc1)c1nc2ccccc2[nH]1. The van der Waals surface area contributed by atoms with Crippen LogP contribution >= 0.6 is 15.9 Å². The number of halogens is 1. The number of allylic oxidation sites excluding steroid dienone is 1. The molecule has 1 heterocycles. The molecule has 4 rings (SSSR count). The Morgan fingerprint density at radius 1 is 1.07 bits per heavy atom. The number of hydrogen-bond acceptors (Lipinski definition) is 3. The fourth-order valence-electron chi connectivity index (χ4n) is 2.89. The second-order valence-corrected chi connectivity index (χ2v) is 7.14. The highest BCUT2D eigenvalue weighted by Gasteiger charge is 2.10. The number of ether oxygens (including phenoxy) is 1. The van der Waals surface area contributed by atoms with Gasteiger partial charge in [-0.1, -0.05) is 58.4 Å². The minimum absolute atomic E-state index is 0.443. The summed E-state index contributed by atoms with van der Waals surface area (Å²) in [4.78, 5) is 7.73. The zero-order chi connectivity index (χ0) is 19.3. The number of aromatic nitrogens is 2. The van der Waals surface area contributed by atoms with Gasteiger partial charge < -0.3 is 9.72 Å². The third kappa shape index (κ3) is 3.98. The number of rotatable bonds is 5. The van der Waals surface area contributed by atoms with Crippen LogP contribution in [-0.2, 0) is 6.61 Å². The van der Waals surface area contributed by atoms with Crippen molar-refractivity contribution in [1.29, 1.82) is 5.26 Å². The molecule has 4 nitrogen and oxygen atoms in total. The maximum absolute atomic E-state index is 9.70. The lowest BCUT2D eigenvalue weighted by molar-refractivity contribution is 0.305. The first kappa shape index (κ1) is 18.0. The Labute approximate surface area is 171 Å². The number of hydrogen-bond donors (Lipinski definition) is 1. The Balaban J connectivity index is 1.68. The van der Waals surface area contributed by atoms with E-state index in [1.165, 1.54) is 0 Å². The molecule has 0 amide bonds. The van der Waals surface area contributed by atoms with Gasteiger partial charge in [-0.15, -0.1) is 0 Å². The normalized spacial score (nSPS) is 11.4. The van der Waals surface area contributed by atoms with Crippen LogP contribution < -0.4 is 4.74 Å². The van der Waals surface area contributed by atoms with E-state index in [0.717, 1.165) is 26.6 Å². The Kier molecular flexibility index (Phi) is 5.22. The first-order valence-corrected chi connectivity index (χ1v) is 9.55. The molecule has 0 aliphatic carbocycles. The van der Waals surface area contributed by atoms with E-state index in [-0.39, 0.29) is 0 Å². The summed E-state index contributed by atoms with van der Waals surface area (Å²) in [5.74, 6) is 1.24. The monoisotopic (exact) mass is 429 g/mol. The number of H-pyrrole nitrogens is 1. The molecule has 5 heteroatoms. The molecular weight excluding hydrogens is 414 g/mol. The van der Waals surface area contributed by atoms with Crippen LogP contribution in [0, 0.1) is 11.3 Å². The highest BCUT2D eigenvalue weighted by Crippen LogP contribution is 2.28. The minimum atomic E-state index is 0.443. The molecular formula is C23H16BrN3O. The molecule has 0 bridgehead atoms. The summed E-state index contributed by atoms with van der Waals surface area (Å²) in [5, 5.41) is 9.70. The summed E-state index contributed by atoms with van der Waals surface area (Å²) in [6, 6.07) is 25.7. The van der Waals surface area contributed by atoms with Crippen LogP contribution in [0.5, 0.6) is 5.75 Å². The van der Waals surface area contributed by atoms with E-state index in [9.17, 15) is 5.26 Å². The number of imidazole rings is 1. The average molecular weight is 430 g/mol. The molecule has 28 heavy (non-hydrogen) atoms. The Hall–Kier alpha value is -3.36. The number of aromatic amines is 1. The summed E-state index contributed by atoms with van der Waals surface area (Å²) in [6.07, 6.45) is 1.79. The first-order chi connectivity index (χ1) is 13.7. The number of benzene rings is 3. The molecule has 1 N–H and O–H groups in total. The molecule has 136 valence electrons. The lowest BCUT2D eigenvalue weighted by Gasteiger charge is -2.10. The van der Waals surface area contributed by atoms with Crippen molar-refractivity contribution in [3.05, 3.63) is 94.2 Å². The van der Waals surface area contributed by atoms with Crippen molar-refractivity contribution in [1.82, 2.24) is 9.97 Å². The lowest BCUT2D eigenvalue weighted by atomic mass is 10.1. The third-order valence-electron chi connectivity index (χ3n) is 4.27. The van der Waals surface area contributed by atoms with E-state index in [1.54, 1.807) is 6.08 Å². The number of nitrogens with zero attached hydrogens (tertiary/aromatic N) is 2. The summed E-state index contributed by atoms with van der Waals surface area (Å²) >= 11 is 3.50. The maximum Gasteiger partial charge on any atom is 0.149 e. The van der Waals surface area contributed by atoms with E-state index in [0.29, 0.717) is 23.8 Å². The van der Waals surface area contributed by atoms with Gasteiger partial charge in [-0.3, -0.25) is 0 Å². The summed E-state index contributed by atoms with van der Waals surface area (Å²) in [5.41, 5.74) is 4.06. The molecule has 0 spiro atoms. The molecule has 0 radical (unpaired) electrons. The van der Waals surface area contributed by atoms with Crippen molar-refractivity contribution >= 4 is 38.6 Å². The van der Waals surface area contributed by atoms with Gasteiger partial charge in [0, 0.05) is 10.0 Å². The van der Waals surface area contributed by atoms with E-state index in [2.05, 4.69) is 32.0 Å². The molecule has 0 saturated heterocycles. The first-order valence-electron chi connectivity index (χ1n) is 8.76. The number of para-hydroxylation sites is 2. The zero-order valence-corrected chi connectivity index (χ0v) is 16.5. The molecule has 0 unspecified atom stereocenters. The van der Waals surface area contributed by atoms with Gasteiger partial charge in [-0.05, 0) is 42.0 Å². The summed E-state index contributed by atoms with van der Waals surface area (Å²) in [6.45, 7) is 0.454. The topological polar surface area (TPSA) is 61.7 Å². The predicted molar refractivity (Wildman–Crippen MR) is 114 cm³/mol. The van der Waals surface area contributed by atoms with Gasteiger partial charge in [0.1, 0.15) is 24.3 Å². The minimum Gasteiger partial charge on any atom is -0.488 e. The van der Waals surface area contributed by atoms with Crippen molar-refractivity contribution in [3.8, 4) is 11.8 Å². The van der Waals surface area contributed by atoms with E-state index in [4.69, 9.17) is 4.74 Å². The zero-order valence-electron chi connectivity index (χ0n) is 14.9. The van der Waals surface area contributed by atoms with Crippen LogP contribution in [-0.4, -0.2) is 9.97 Å². The molecule has 0 atom stereocenters. The Morgan fingerprint density at radius 2 is 1.86 bits per heavy atom. The van der Waals surface area contributed by atoms with Gasteiger partial charge in [-0.2, -0.15) is 5.26 Å². The lowest BCUT2D eigenvalue weighted by Crippen LogP contribution is -1.97. The molecule has 0 fully saturated rings. The number of nitriles is 1. The van der Waals surface area contributed by atoms with Gasteiger partial charge in [0.2, 0.25) is 0 Å². The van der Waals surface area contributed by atoms with Crippen LogP contribution in [0.3, 0.4) is 0 Å². The predicted octanol–water partition coefficient (Wildman–Crippen LogP) is 5.97. The summed E-state index contributed by atoms with van der Waals surface area (Å²) < 4.78 is 6.92. The molecule has 4 aromatic rings. The van der Waals surface area contributed by atoms with Gasteiger partial charge in [0.05, 0.1) is 16.6 Å². The number of nitrogens with one attached hydrogen (secondary N) is 1. The summed E-state index contributed by atoms with van der Waals surface area (Å²) in [7, 11) is 0. The molecule has 1 aromatic heterocycles. The highest BCUT2D eigenvalue weighted by atomic mass is 79.9. The molecule has 0 saturated carbocycles. The van der Waals surface area contributed by atoms with Crippen LogP contribution in [0.15, 0.2) is 77.3 Å². The Morgan fingerprint density at radius 3 is 2.64 bits per heavy atom. The van der Waals surface area contributed by atoms with E-state index >= 15 is 0 Å². The van der Waals surface area contributed by atoms with Gasteiger partial charge in [-0.25, -0.2) is 4.98 Å². The largest absolute Gasteiger partial charge is 0.488 e. The maximum atomic E-state index is 9.70. The van der Waals surface area contributed by atoms with Crippen molar-refractivity contribution in [2.75, 3.05) is 0 Å². The smallest absolute Gasteiger partial charge is 0.149 e. The van der Waals surface area contributed by atoms with E-state index < -0.39 is 0 Å². The van der Waals surface area contributed by atoms with Crippen LogP contribution in [0.2, 0.25) is 0 Å². The van der Waals surface area contributed by atoms with Gasteiger partial charge in [0.15, 0.2) is 0 Å². The molecule has 0 aliphatic heterocycles. The number of fused-ring (bicyclic) bond motifs is 1. The van der Waals surface area contributed by atoms with Crippen molar-refractivity contribution in [2.45, 2.75) is 6.61 Å². The fourth-order valence-corrected chi connectivity index (χ4v) is 3.27. The van der Waals surface area contributed by atoms with Crippen LogP contribution in [0.25, 0.3) is 22.7 Å². The average Bonchev–Trinajstić information content (AvgIpc) is 3.16. The van der Waals surface area contributed by atoms with Crippen LogP contribution in [0.1, 0.15) is 17.0 Å². The van der Waals surface area contributed by atoms with Gasteiger partial charge >= 0.3 is 0 Å². The highest BCUT2D eigenvalue weighted by molar-refractivity contribution is 9.10. The van der Waals surface area contributed by atoms with Crippen molar-refractivity contribution in [3.63, 3.8) is 0 Å². The fraction of sp³-hybridized carbons (Fsp3) is 0.0435. The van der Waals surface area contributed by atoms with Crippen molar-refractivity contribution in [2.24, 2.45) is 0 Å². The molecule has 3 aromatic carbocycles. The second kappa shape index (κ2) is 8.12. The van der Waals surface area contributed by atoms with E-state index in [1.807, 2.05) is 72.8 Å². The molecule has 0 aliphatic rings. The van der Waals surface area contributed by atoms with Gasteiger partial charge in [0.25, 0.3) is 0 Å². The quantitative estimate of drug-likeness (QED) is 0.397.